The van der Waals surface area contributed by atoms with Crippen LogP contribution in [0.4, 0.5) is 5.69 Å². The van der Waals surface area contributed by atoms with Gasteiger partial charge in [-0.1, -0.05) is 23.7 Å². The zero-order valence-corrected chi connectivity index (χ0v) is 11.1. The molecular weight excluding hydrogens is 262 g/mol. The summed E-state index contributed by atoms with van der Waals surface area (Å²) in [6.45, 7) is 1.36. The van der Waals surface area contributed by atoms with Crippen molar-refractivity contribution in [3.05, 3.63) is 41.4 Å². The van der Waals surface area contributed by atoms with Gasteiger partial charge < -0.3 is 15.2 Å². The summed E-state index contributed by atoms with van der Waals surface area (Å²) in [6.07, 6.45) is 0.895. The number of nitrogens with two attached hydrogens (primary N) is 1. The lowest BCUT2D eigenvalue weighted by atomic mass is 10.0. The highest BCUT2D eigenvalue weighted by atomic mass is 35.5. The Kier molecular flexibility index (Phi) is 3.22. The first kappa shape index (κ1) is 12.2. The van der Waals surface area contributed by atoms with Crippen LogP contribution in [0, 0.1) is 0 Å². The van der Waals surface area contributed by atoms with E-state index < -0.39 is 0 Å². The van der Waals surface area contributed by atoms with Gasteiger partial charge in [-0.3, -0.25) is 0 Å². The summed E-state index contributed by atoms with van der Waals surface area (Å²) in [5.74, 6) is 1.55. The zero-order valence-electron chi connectivity index (χ0n) is 10.4. The van der Waals surface area contributed by atoms with E-state index in [4.69, 9.17) is 26.8 Å². The van der Waals surface area contributed by atoms with Gasteiger partial charge in [0, 0.05) is 17.7 Å². The molecular formula is C15H14ClNO2. The van der Waals surface area contributed by atoms with E-state index in [1.807, 2.05) is 30.3 Å². The largest absolute Gasteiger partial charge is 0.490 e. The fourth-order valence-electron chi connectivity index (χ4n) is 2.10. The molecule has 0 atom stereocenters. The maximum atomic E-state index is 6.23. The lowest BCUT2D eigenvalue weighted by Crippen LogP contribution is -1.97. The van der Waals surface area contributed by atoms with E-state index in [1.54, 1.807) is 6.07 Å². The van der Waals surface area contributed by atoms with Crippen molar-refractivity contribution in [2.75, 3.05) is 18.9 Å². The number of fused-ring (bicyclic) bond motifs is 1. The summed E-state index contributed by atoms with van der Waals surface area (Å²) in [5.41, 5.74) is 8.29. The molecule has 0 bridgehead atoms. The predicted molar refractivity (Wildman–Crippen MR) is 76.9 cm³/mol. The number of hydrogen-bond acceptors (Lipinski definition) is 3. The minimum Gasteiger partial charge on any atom is -0.490 e. The highest BCUT2D eigenvalue weighted by molar-refractivity contribution is 6.33. The van der Waals surface area contributed by atoms with Crippen LogP contribution in [0.25, 0.3) is 11.1 Å². The Balaban J connectivity index is 2.03. The van der Waals surface area contributed by atoms with Gasteiger partial charge in [0.1, 0.15) is 0 Å². The third kappa shape index (κ3) is 2.47. The average molecular weight is 276 g/mol. The SMILES string of the molecule is Nc1ccc(-c2ccc3c(c2)OCCCO3)c(Cl)c1. The van der Waals surface area contributed by atoms with Gasteiger partial charge in [0.15, 0.2) is 11.5 Å². The molecule has 1 heterocycles. The molecule has 4 heteroatoms. The second-order valence-electron chi connectivity index (χ2n) is 4.45. The van der Waals surface area contributed by atoms with Crippen LogP contribution in [0.2, 0.25) is 5.02 Å². The highest BCUT2D eigenvalue weighted by Crippen LogP contribution is 2.37. The summed E-state index contributed by atoms with van der Waals surface area (Å²) in [6, 6.07) is 11.4. The van der Waals surface area contributed by atoms with Crippen molar-refractivity contribution in [3.63, 3.8) is 0 Å². The molecule has 19 heavy (non-hydrogen) atoms. The summed E-state index contributed by atoms with van der Waals surface area (Å²) in [5, 5.41) is 0.634. The second-order valence-corrected chi connectivity index (χ2v) is 4.86. The molecule has 1 aliphatic heterocycles. The topological polar surface area (TPSA) is 44.5 Å². The summed E-state index contributed by atoms with van der Waals surface area (Å²) in [7, 11) is 0. The van der Waals surface area contributed by atoms with Crippen LogP contribution in [0.1, 0.15) is 6.42 Å². The molecule has 0 unspecified atom stereocenters. The molecule has 3 nitrogen and oxygen atoms in total. The monoisotopic (exact) mass is 275 g/mol. The molecule has 0 radical (unpaired) electrons. The molecule has 2 N–H and O–H groups in total. The molecule has 0 fully saturated rings. The first-order valence-corrected chi connectivity index (χ1v) is 6.57. The number of hydrogen-bond donors (Lipinski definition) is 1. The Morgan fingerprint density at radius 2 is 1.74 bits per heavy atom. The third-order valence-corrected chi connectivity index (χ3v) is 3.36. The van der Waals surface area contributed by atoms with Crippen molar-refractivity contribution < 1.29 is 9.47 Å². The van der Waals surface area contributed by atoms with Crippen LogP contribution in [-0.2, 0) is 0 Å². The summed E-state index contributed by atoms with van der Waals surface area (Å²) >= 11 is 6.23. The van der Waals surface area contributed by atoms with Crippen molar-refractivity contribution in [1.29, 1.82) is 0 Å². The van der Waals surface area contributed by atoms with E-state index in [2.05, 4.69) is 0 Å². The van der Waals surface area contributed by atoms with Gasteiger partial charge in [0.25, 0.3) is 0 Å². The van der Waals surface area contributed by atoms with Gasteiger partial charge in [0.2, 0.25) is 0 Å². The minimum absolute atomic E-state index is 0.634. The van der Waals surface area contributed by atoms with Crippen molar-refractivity contribution in [2.45, 2.75) is 6.42 Å². The Morgan fingerprint density at radius 1 is 0.947 bits per heavy atom. The Bertz CT molecular complexity index is 613. The van der Waals surface area contributed by atoms with Gasteiger partial charge in [-0.2, -0.15) is 0 Å². The van der Waals surface area contributed by atoms with Crippen LogP contribution in [0.15, 0.2) is 36.4 Å². The van der Waals surface area contributed by atoms with Crippen molar-refractivity contribution in [3.8, 4) is 22.6 Å². The van der Waals surface area contributed by atoms with E-state index >= 15 is 0 Å². The van der Waals surface area contributed by atoms with Crippen LogP contribution >= 0.6 is 11.6 Å². The van der Waals surface area contributed by atoms with Crippen LogP contribution < -0.4 is 15.2 Å². The molecule has 98 valence electrons. The molecule has 0 aromatic heterocycles. The highest BCUT2D eigenvalue weighted by Gasteiger charge is 2.12. The lowest BCUT2D eigenvalue weighted by Gasteiger charge is -2.10. The average Bonchev–Trinajstić information content (AvgIpc) is 2.63. The number of rotatable bonds is 1. The van der Waals surface area contributed by atoms with E-state index in [9.17, 15) is 0 Å². The number of benzene rings is 2. The fourth-order valence-corrected chi connectivity index (χ4v) is 2.39. The molecule has 0 saturated carbocycles. The van der Waals surface area contributed by atoms with Gasteiger partial charge >= 0.3 is 0 Å². The first-order chi connectivity index (χ1) is 9.24. The Hall–Kier alpha value is -1.87. The molecule has 2 aromatic rings. The predicted octanol–water partition coefficient (Wildman–Crippen LogP) is 3.75. The molecule has 0 spiro atoms. The quantitative estimate of drug-likeness (QED) is 0.806. The molecule has 2 aromatic carbocycles. The van der Waals surface area contributed by atoms with Crippen molar-refractivity contribution in [2.24, 2.45) is 0 Å². The maximum absolute atomic E-state index is 6.23. The standard InChI is InChI=1S/C15H14ClNO2/c16-13-9-11(17)3-4-12(13)10-2-5-14-15(8-10)19-7-1-6-18-14/h2-5,8-9H,1,6-7,17H2. The third-order valence-electron chi connectivity index (χ3n) is 3.05. The maximum Gasteiger partial charge on any atom is 0.161 e. The lowest BCUT2D eigenvalue weighted by molar-refractivity contribution is 0.297. The van der Waals surface area contributed by atoms with E-state index in [0.29, 0.717) is 23.9 Å². The van der Waals surface area contributed by atoms with Gasteiger partial charge in [0.05, 0.1) is 18.2 Å². The van der Waals surface area contributed by atoms with Gasteiger partial charge in [-0.05, 0) is 29.8 Å². The zero-order chi connectivity index (χ0) is 13.2. The molecule has 1 aliphatic rings. The number of halogens is 1. The molecule has 0 saturated heterocycles. The van der Waals surface area contributed by atoms with Crippen LogP contribution in [0.3, 0.4) is 0 Å². The van der Waals surface area contributed by atoms with Crippen LogP contribution in [-0.4, -0.2) is 13.2 Å². The van der Waals surface area contributed by atoms with Crippen molar-refractivity contribution in [1.82, 2.24) is 0 Å². The molecule has 0 aliphatic carbocycles. The number of anilines is 1. The second kappa shape index (κ2) is 5.02. The first-order valence-electron chi connectivity index (χ1n) is 6.19. The Morgan fingerprint density at radius 3 is 2.53 bits per heavy atom. The minimum atomic E-state index is 0.634. The fraction of sp³-hybridized carbons (Fsp3) is 0.200. The smallest absolute Gasteiger partial charge is 0.161 e. The van der Waals surface area contributed by atoms with Crippen LogP contribution in [0.5, 0.6) is 11.5 Å². The number of nitrogen functional groups attached to an aromatic ring is 1. The van der Waals surface area contributed by atoms with Crippen molar-refractivity contribution >= 4 is 17.3 Å². The molecule has 0 amide bonds. The van der Waals surface area contributed by atoms with E-state index in [1.165, 1.54) is 0 Å². The van der Waals surface area contributed by atoms with E-state index in [-0.39, 0.29) is 0 Å². The van der Waals surface area contributed by atoms with E-state index in [0.717, 1.165) is 29.0 Å². The van der Waals surface area contributed by atoms with Gasteiger partial charge in [-0.15, -0.1) is 0 Å². The normalized spacial score (nSPS) is 13.9. The summed E-state index contributed by atoms with van der Waals surface area (Å²) in [4.78, 5) is 0. The number of ether oxygens (including phenoxy) is 2. The summed E-state index contributed by atoms with van der Waals surface area (Å²) < 4.78 is 11.3. The molecule has 3 rings (SSSR count). The van der Waals surface area contributed by atoms with Gasteiger partial charge in [-0.25, -0.2) is 0 Å². The Labute approximate surface area is 116 Å².